The number of benzene rings is 2. The van der Waals surface area contributed by atoms with E-state index >= 15 is 0 Å². The topological polar surface area (TPSA) is 67.9 Å². The first-order valence-electron chi connectivity index (χ1n) is 9.98. The van der Waals surface area contributed by atoms with E-state index in [0.29, 0.717) is 30.2 Å². The summed E-state index contributed by atoms with van der Waals surface area (Å²) in [5.41, 5.74) is 3.71. The number of hydrogen-bond donors (Lipinski definition) is 1. The number of thiophene rings is 1. The number of carbonyl (C=O) groups is 2. The zero-order valence-electron chi connectivity index (χ0n) is 17.7. The van der Waals surface area contributed by atoms with Gasteiger partial charge in [-0.05, 0) is 60.2 Å². The number of fused-ring (bicyclic) bond motifs is 1. The van der Waals surface area contributed by atoms with Crippen molar-refractivity contribution in [2.75, 3.05) is 26.1 Å². The summed E-state index contributed by atoms with van der Waals surface area (Å²) in [5, 5.41) is 4.70. The first-order chi connectivity index (χ1) is 15.0. The van der Waals surface area contributed by atoms with Gasteiger partial charge in [0.25, 0.3) is 0 Å². The van der Waals surface area contributed by atoms with Crippen molar-refractivity contribution in [3.63, 3.8) is 0 Å². The van der Waals surface area contributed by atoms with Gasteiger partial charge in [-0.1, -0.05) is 23.8 Å². The molecule has 0 radical (unpaired) electrons. The maximum atomic E-state index is 13.2. The molecule has 0 aliphatic carbocycles. The summed E-state index contributed by atoms with van der Waals surface area (Å²) in [6.45, 7) is 2.40. The van der Waals surface area contributed by atoms with Gasteiger partial charge in [-0.3, -0.25) is 9.59 Å². The highest BCUT2D eigenvalue weighted by atomic mass is 32.1. The molecule has 2 aromatic carbocycles. The molecule has 2 amide bonds. The Morgan fingerprint density at radius 2 is 1.77 bits per heavy atom. The fourth-order valence-electron chi connectivity index (χ4n) is 3.87. The molecule has 0 unspecified atom stereocenters. The van der Waals surface area contributed by atoms with Crippen LogP contribution in [-0.4, -0.2) is 37.5 Å². The second-order valence-corrected chi connectivity index (χ2v) is 8.37. The van der Waals surface area contributed by atoms with Crippen LogP contribution in [0.3, 0.4) is 0 Å². The summed E-state index contributed by atoms with van der Waals surface area (Å²) in [6, 6.07) is 14.8. The number of anilines is 1. The molecule has 2 heterocycles. The molecule has 0 saturated heterocycles. The highest BCUT2D eigenvalue weighted by Gasteiger charge is 2.36. The first-order valence-corrected chi connectivity index (χ1v) is 10.9. The van der Waals surface area contributed by atoms with Crippen LogP contribution in [0.1, 0.15) is 27.6 Å². The van der Waals surface area contributed by atoms with Gasteiger partial charge in [0, 0.05) is 17.1 Å². The van der Waals surface area contributed by atoms with E-state index in [9.17, 15) is 9.59 Å². The molecule has 31 heavy (non-hydrogen) atoms. The van der Waals surface area contributed by atoms with Gasteiger partial charge >= 0.3 is 11.8 Å². The summed E-state index contributed by atoms with van der Waals surface area (Å²) in [5.74, 6) is 0.0537. The van der Waals surface area contributed by atoms with E-state index < -0.39 is 11.8 Å². The Morgan fingerprint density at radius 3 is 2.42 bits per heavy atom. The van der Waals surface area contributed by atoms with Gasteiger partial charge < -0.3 is 19.7 Å². The lowest BCUT2D eigenvalue weighted by molar-refractivity contribution is -0.144. The molecule has 6 nitrogen and oxygen atoms in total. The highest BCUT2D eigenvalue weighted by molar-refractivity contribution is 7.10. The number of nitrogens with one attached hydrogen (secondary N) is 1. The number of nitrogens with zero attached hydrogens (tertiary/aromatic N) is 1. The molecule has 1 aliphatic rings. The Kier molecular flexibility index (Phi) is 5.95. The lowest BCUT2D eigenvalue weighted by Gasteiger charge is -2.37. The van der Waals surface area contributed by atoms with E-state index in [4.69, 9.17) is 9.47 Å². The fraction of sp³-hybridized carbons (Fsp3) is 0.250. The average Bonchev–Trinajstić information content (AvgIpc) is 3.32. The van der Waals surface area contributed by atoms with Gasteiger partial charge in [-0.25, -0.2) is 0 Å². The minimum atomic E-state index is -0.644. The van der Waals surface area contributed by atoms with Crippen LogP contribution in [0.5, 0.6) is 11.5 Å². The van der Waals surface area contributed by atoms with Crippen LogP contribution in [0, 0.1) is 6.92 Å². The second-order valence-electron chi connectivity index (χ2n) is 7.39. The number of amides is 2. The molecule has 3 aromatic rings. The summed E-state index contributed by atoms with van der Waals surface area (Å²) < 4.78 is 10.9. The van der Waals surface area contributed by atoms with Gasteiger partial charge in [-0.15, -0.1) is 11.3 Å². The molecule has 1 atom stereocenters. The Bertz CT molecular complexity index is 1090. The lowest BCUT2D eigenvalue weighted by Crippen LogP contribution is -2.45. The van der Waals surface area contributed by atoms with Gasteiger partial charge in [-0.2, -0.15) is 0 Å². The molecule has 0 fully saturated rings. The summed E-state index contributed by atoms with van der Waals surface area (Å²) in [7, 11) is 3.19. The van der Waals surface area contributed by atoms with E-state index in [0.717, 1.165) is 21.6 Å². The molecule has 7 heteroatoms. The number of carbonyl (C=O) groups excluding carboxylic acids is 2. The Labute approximate surface area is 185 Å². The van der Waals surface area contributed by atoms with Crippen LogP contribution in [0.25, 0.3) is 0 Å². The number of methoxy groups -OCH3 is 2. The molecule has 0 saturated carbocycles. The third-order valence-electron chi connectivity index (χ3n) is 5.45. The smallest absolute Gasteiger partial charge is 0.313 e. The molecule has 160 valence electrons. The maximum absolute atomic E-state index is 13.2. The molecule has 0 spiro atoms. The quantitative estimate of drug-likeness (QED) is 0.623. The van der Waals surface area contributed by atoms with Crippen molar-refractivity contribution in [1.29, 1.82) is 0 Å². The van der Waals surface area contributed by atoms with Crippen molar-refractivity contribution < 1.29 is 19.1 Å². The van der Waals surface area contributed by atoms with E-state index in [-0.39, 0.29) is 6.04 Å². The second kappa shape index (κ2) is 8.81. The van der Waals surface area contributed by atoms with E-state index in [1.54, 1.807) is 42.6 Å². The monoisotopic (exact) mass is 436 g/mol. The normalized spacial score (nSPS) is 15.2. The van der Waals surface area contributed by atoms with Crippen LogP contribution < -0.4 is 14.8 Å². The number of hydrogen-bond acceptors (Lipinski definition) is 5. The number of ether oxygens (including phenoxy) is 2. The predicted molar refractivity (Wildman–Crippen MR) is 121 cm³/mol. The predicted octanol–water partition coefficient (Wildman–Crippen LogP) is 4.19. The third kappa shape index (κ3) is 4.14. The lowest BCUT2D eigenvalue weighted by atomic mass is 9.90. The molecule has 4 rings (SSSR count). The largest absolute Gasteiger partial charge is 0.493 e. The van der Waals surface area contributed by atoms with Gasteiger partial charge in [0.2, 0.25) is 0 Å². The molecule has 1 aromatic heterocycles. The van der Waals surface area contributed by atoms with Crippen LogP contribution >= 0.6 is 11.3 Å². The van der Waals surface area contributed by atoms with Crippen LogP contribution in [0.15, 0.2) is 53.9 Å². The van der Waals surface area contributed by atoms with Crippen molar-refractivity contribution in [2.24, 2.45) is 0 Å². The van der Waals surface area contributed by atoms with Crippen molar-refractivity contribution in [3.8, 4) is 11.5 Å². The molecule has 1 N–H and O–H groups in total. The molecular formula is C24H24N2O4S. The minimum Gasteiger partial charge on any atom is -0.493 e. The molecule has 0 bridgehead atoms. The first kappa shape index (κ1) is 20.9. The summed E-state index contributed by atoms with van der Waals surface area (Å²) in [4.78, 5) is 28.7. The van der Waals surface area contributed by atoms with Gasteiger partial charge in [0.05, 0.1) is 20.3 Å². The van der Waals surface area contributed by atoms with Crippen LogP contribution in [-0.2, 0) is 16.0 Å². The zero-order chi connectivity index (χ0) is 22.0. The third-order valence-corrected chi connectivity index (χ3v) is 6.38. The SMILES string of the molecule is COc1cc2c(cc1OC)[C@H](c1cccs1)N(C(=O)C(=O)Nc1ccc(C)cc1)CC2. The number of rotatable bonds is 4. The van der Waals surface area contributed by atoms with E-state index in [1.807, 2.05) is 48.7 Å². The molecule has 1 aliphatic heterocycles. The number of aryl methyl sites for hydroxylation is 1. The highest BCUT2D eigenvalue weighted by Crippen LogP contribution is 2.42. The average molecular weight is 437 g/mol. The molecular weight excluding hydrogens is 412 g/mol. The Hall–Kier alpha value is -3.32. The zero-order valence-corrected chi connectivity index (χ0v) is 18.5. The van der Waals surface area contributed by atoms with Crippen molar-refractivity contribution >= 4 is 28.8 Å². The van der Waals surface area contributed by atoms with Gasteiger partial charge in [0.1, 0.15) is 0 Å². The van der Waals surface area contributed by atoms with E-state index in [2.05, 4.69) is 5.32 Å². The van der Waals surface area contributed by atoms with Crippen LogP contribution in [0.2, 0.25) is 0 Å². The Balaban J connectivity index is 1.68. The fourth-order valence-corrected chi connectivity index (χ4v) is 4.72. The Morgan fingerprint density at radius 1 is 1.06 bits per heavy atom. The maximum Gasteiger partial charge on any atom is 0.313 e. The summed E-state index contributed by atoms with van der Waals surface area (Å²) in [6.07, 6.45) is 0.626. The van der Waals surface area contributed by atoms with E-state index in [1.165, 1.54) is 0 Å². The summed E-state index contributed by atoms with van der Waals surface area (Å²) >= 11 is 1.56. The van der Waals surface area contributed by atoms with Crippen LogP contribution in [0.4, 0.5) is 5.69 Å². The van der Waals surface area contributed by atoms with Crippen molar-refractivity contribution in [1.82, 2.24) is 4.90 Å². The minimum absolute atomic E-state index is 0.361. The van der Waals surface area contributed by atoms with Gasteiger partial charge in [0.15, 0.2) is 11.5 Å². The van der Waals surface area contributed by atoms with Crippen molar-refractivity contribution in [3.05, 3.63) is 75.5 Å². The standard InChI is InChI=1S/C24H24N2O4S/c1-15-6-8-17(9-7-15)25-23(27)24(28)26-11-10-16-13-19(29-2)20(30-3)14-18(16)22(26)21-5-4-12-31-21/h4-9,12-14,22H,10-11H2,1-3H3,(H,25,27)/t22-/m1/s1. The van der Waals surface area contributed by atoms with Crippen molar-refractivity contribution in [2.45, 2.75) is 19.4 Å².